The molecule has 0 radical (unpaired) electrons. The highest BCUT2D eigenvalue weighted by molar-refractivity contribution is 5.78. The Hall–Kier alpha value is -1.09. The van der Waals surface area contributed by atoms with Crippen LogP contribution >= 0.6 is 0 Å². The summed E-state index contributed by atoms with van der Waals surface area (Å²) in [6.45, 7) is 7.62. The third kappa shape index (κ3) is 3.76. The van der Waals surface area contributed by atoms with E-state index in [0.29, 0.717) is 12.5 Å². The highest BCUT2D eigenvalue weighted by Gasteiger charge is 2.29. The average Bonchev–Trinajstić information content (AvgIpc) is 2.88. The first-order valence-electron chi connectivity index (χ1n) is 8.46. The summed E-state index contributed by atoms with van der Waals surface area (Å²) in [6, 6.07) is 0.688. The molecule has 1 saturated heterocycles. The maximum atomic E-state index is 12.5. The van der Waals surface area contributed by atoms with Gasteiger partial charge in [-0.1, -0.05) is 31.4 Å². The molecule has 0 spiro atoms. The van der Waals surface area contributed by atoms with Gasteiger partial charge in [-0.3, -0.25) is 9.69 Å². The van der Waals surface area contributed by atoms with Crippen LogP contribution in [-0.2, 0) is 4.79 Å². The Morgan fingerprint density at radius 1 is 1.38 bits per heavy atom. The number of likely N-dealkylation sites (N-methyl/N-ethyl adjacent to an activating group) is 1. The number of unbranched alkanes of at least 4 members (excludes halogenated alkanes) is 2. The van der Waals surface area contributed by atoms with E-state index in [2.05, 4.69) is 45.0 Å². The van der Waals surface area contributed by atoms with Gasteiger partial charge in [0.05, 0.1) is 6.04 Å². The number of hydrogen-bond acceptors (Lipinski definition) is 2. The van der Waals surface area contributed by atoms with Gasteiger partial charge in [-0.15, -0.1) is 0 Å². The van der Waals surface area contributed by atoms with Gasteiger partial charge < -0.3 is 4.90 Å². The molecular formula is C18H30N2O. The lowest BCUT2D eigenvalue weighted by atomic mass is 9.95. The van der Waals surface area contributed by atoms with Crippen molar-refractivity contribution in [2.45, 2.75) is 71.4 Å². The molecule has 2 rings (SSSR count). The van der Waals surface area contributed by atoms with E-state index >= 15 is 0 Å². The van der Waals surface area contributed by atoms with Crippen LogP contribution < -0.4 is 0 Å². The average molecular weight is 290 g/mol. The van der Waals surface area contributed by atoms with Crippen molar-refractivity contribution in [2.75, 3.05) is 13.6 Å². The summed E-state index contributed by atoms with van der Waals surface area (Å²) in [5.41, 5.74) is 2.62. The molecule has 2 atom stereocenters. The molecule has 1 amide bonds. The van der Waals surface area contributed by atoms with Gasteiger partial charge in [0.2, 0.25) is 5.91 Å². The van der Waals surface area contributed by atoms with Crippen LogP contribution in [-0.4, -0.2) is 41.4 Å². The van der Waals surface area contributed by atoms with Gasteiger partial charge in [0.15, 0.2) is 0 Å². The van der Waals surface area contributed by atoms with Crippen molar-refractivity contribution in [3.05, 3.63) is 23.4 Å². The van der Waals surface area contributed by atoms with Crippen LogP contribution in [0.3, 0.4) is 0 Å². The Balaban J connectivity index is 2.10. The molecule has 0 aromatic carbocycles. The van der Waals surface area contributed by atoms with E-state index in [1.165, 1.54) is 24.0 Å². The molecule has 2 aliphatic rings. The highest BCUT2D eigenvalue weighted by atomic mass is 16.2. The number of hydrogen-bond donors (Lipinski definition) is 0. The monoisotopic (exact) mass is 290 g/mol. The molecule has 2 aliphatic heterocycles. The van der Waals surface area contributed by atoms with Gasteiger partial charge in [0.1, 0.15) is 0 Å². The third-order valence-corrected chi connectivity index (χ3v) is 4.95. The molecule has 118 valence electrons. The maximum absolute atomic E-state index is 12.5. The maximum Gasteiger partial charge on any atom is 0.227 e. The predicted molar refractivity (Wildman–Crippen MR) is 87.9 cm³/mol. The fourth-order valence-electron chi connectivity index (χ4n) is 3.37. The Morgan fingerprint density at radius 3 is 2.76 bits per heavy atom. The summed E-state index contributed by atoms with van der Waals surface area (Å²) in [6.07, 6.45) is 10.9. The van der Waals surface area contributed by atoms with Crippen LogP contribution in [0, 0.1) is 0 Å². The molecule has 2 unspecified atom stereocenters. The largest absolute Gasteiger partial charge is 0.312 e. The van der Waals surface area contributed by atoms with Gasteiger partial charge in [-0.05, 0) is 52.3 Å². The van der Waals surface area contributed by atoms with Crippen molar-refractivity contribution >= 4 is 5.91 Å². The lowest BCUT2D eigenvalue weighted by Gasteiger charge is -2.34. The van der Waals surface area contributed by atoms with Gasteiger partial charge in [-0.2, -0.15) is 0 Å². The zero-order valence-electron chi connectivity index (χ0n) is 14.1. The zero-order chi connectivity index (χ0) is 15.4. The number of likely N-dealkylation sites (tertiary alicyclic amines) is 1. The van der Waals surface area contributed by atoms with Crippen LogP contribution in [0.25, 0.3) is 0 Å². The molecule has 0 aromatic rings. The van der Waals surface area contributed by atoms with Gasteiger partial charge in [0, 0.05) is 18.7 Å². The second-order valence-corrected chi connectivity index (χ2v) is 6.59. The smallest absolute Gasteiger partial charge is 0.227 e. The molecular weight excluding hydrogens is 260 g/mol. The lowest BCUT2D eigenvalue weighted by molar-refractivity contribution is -0.129. The second kappa shape index (κ2) is 7.26. The normalized spacial score (nSPS) is 26.8. The number of nitrogens with zero attached hydrogens (tertiary/aromatic N) is 2. The van der Waals surface area contributed by atoms with E-state index in [1.54, 1.807) is 0 Å². The molecule has 3 heteroatoms. The first-order valence-corrected chi connectivity index (χ1v) is 8.46. The van der Waals surface area contributed by atoms with Gasteiger partial charge in [0.25, 0.3) is 0 Å². The van der Waals surface area contributed by atoms with Crippen molar-refractivity contribution in [3.8, 4) is 0 Å². The van der Waals surface area contributed by atoms with Crippen molar-refractivity contribution in [1.82, 2.24) is 9.80 Å². The van der Waals surface area contributed by atoms with E-state index in [0.717, 1.165) is 25.8 Å². The molecule has 0 aromatic heterocycles. The summed E-state index contributed by atoms with van der Waals surface area (Å²) in [4.78, 5) is 16.9. The minimum Gasteiger partial charge on any atom is -0.312 e. The summed E-state index contributed by atoms with van der Waals surface area (Å²) < 4.78 is 0. The summed E-state index contributed by atoms with van der Waals surface area (Å²) in [5, 5.41) is 0. The van der Waals surface area contributed by atoms with Crippen LogP contribution in [0.15, 0.2) is 23.4 Å². The number of carbonyl (C=O) groups excluding carboxylic acids is 1. The number of carbonyl (C=O) groups is 1. The Kier molecular flexibility index (Phi) is 5.63. The van der Waals surface area contributed by atoms with E-state index in [9.17, 15) is 4.79 Å². The van der Waals surface area contributed by atoms with Gasteiger partial charge in [-0.25, -0.2) is 0 Å². The van der Waals surface area contributed by atoms with Crippen LogP contribution in [0.1, 0.15) is 59.3 Å². The summed E-state index contributed by atoms with van der Waals surface area (Å²) in [5.74, 6) is 0.279. The SMILES string of the molecule is CCCCCC(=O)N1C=C(C2CCCN2C)C=C(C)C1C. The van der Waals surface area contributed by atoms with Crippen molar-refractivity contribution in [3.63, 3.8) is 0 Å². The number of rotatable bonds is 5. The predicted octanol–water partition coefficient (Wildman–Crippen LogP) is 3.72. The topological polar surface area (TPSA) is 23.6 Å². The number of amides is 1. The molecule has 21 heavy (non-hydrogen) atoms. The van der Waals surface area contributed by atoms with E-state index < -0.39 is 0 Å². The zero-order valence-corrected chi connectivity index (χ0v) is 14.1. The molecule has 2 heterocycles. The minimum atomic E-state index is 0.203. The van der Waals surface area contributed by atoms with Crippen LogP contribution in [0.2, 0.25) is 0 Å². The highest BCUT2D eigenvalue weighted by Crippen LogP contribution is 2.29. The molecule has 0 N–H and O–H groups in total. The Bertz CT molecular complexity index is 438. The Labute approximate surface area is 129 Å². The van der Waals surface area contributed by atoms with Crippen LogP contribution in [0.5, 0.6) is 0 Å². The first kappa shape index (κ1) is 16.3. The van der Waals surface area contributed by atoms with Crippen molar-refractivity contribution in [1.29, 1.82) is 0 Å². The summed E-state index contributed by atoms with van der Waals surface area (Å²) in [7, 11) is 2.19. The molecule has 0 aliphatic carbocycles. The molecule has 1 fully saturated rings. The fraction of sp³-hybridized carbons (Fsp3) is 0.722. The minimum absolute atomic E-state index is 0.203. The first-order chi connectivity index (χ1) is 10.0. The molecule has 3 nitrogen and oxygen atoms in total. The molecule has 0 saturated carbocycles. The lowest BCUT2D eigenvalue weighted by Crippen LogP contribution is -2.39. The third-order valence-electron chi connectivity index (χ3n) is 4.95. The van der Waals surface area contributed by atoms with E-state index in [1.807, 2.05) is 4.90 Å². The molecule has 0 bridgehead atoms. The van der Waals surface area contributed by atoms with E-state index in [4.69, 9.17) is 0 Å². The summed E-state index contributed by atoms with van der Waals surface area (Å²) >= 11 is 0. The Morgan fingerprint density at radius 2 is 2.14 bits per heavy atom. The second-order valence-electron chi connectivity index (χ2n) is 6.59. The standard InChI is InChI=1S/C18H30N2O/c1-5-6-7-10-18(21)20-13-16(12-14(2)15(20)3)17-9-8-11-19(17)4/h12-13,15,17H,5-11H2,1-4H3. The quantitative estimate of drug-likeness (QED) is 0.720. The van der Waals surface area contributed by atoms with Crippen molar-refractivity contribution < 1.29 is 4.79 Å². The van der Waals surface area contributed by atoms with Gasteiger partial charge >= 0.3 is 0 Å². The van der Waals surface area contributed by atoms with Crippen molar-refractivity contribution in [2.24, 2.45) is 0 Å². The van der Waals surface area contributed by atoms with E-state index in [-0.39, 0.29) is 11.9 Å². The van der Waals surface area contributed by atoms with Crippen LogP contribution in [0.4, 0.5) is 0 Å². The fourth-order valence-corrected chi connectivity index (χ4v) is 3.37.